The fourth-order valence-electron chi connectivity index (χ4n) is 5.15. The smallest absolute Gasteiger partial charge is 0.337 e. The van der Waals surface area contributed by atoms with Crippen LogP contribution in [-0.4, -0.2) is 57.3 Å². The summed E-state index contributed by atoms with van der Waals surface area (Å²) in [5.74, 6) is -0.942. The molecular formula is C29H36FN3O5S. The summed E-state index contributed by atoms with van der Waals surface area (Å²) in [5.41, 5.74) is 3.44. The number of aromatic nitrogens is 2. The van der Waals surface area contributed by atoms with Crippen LogP contribution in [0.5, 0.6) is 5.75 Å². The maximum atomic E-state index is 15.5. The first-order valence-electron chi connectivity index (χ1n) is 13.0. The van der Waals surface area contributed by atoms with E-state index in [9.17, 15) is 14.7 Å². The Kier molecular flexibility index (Phi) is 8.28. The highest BCUT2D eigenvalue weighted by molar-refractivity contribution is 7.98. The average molecular weight is 558 g/mol. The van der Waals surface area contributed by atoms with Gasteiger partial charge in [0.15, 0.2) is 17.7 Å². The monoisotopic (exact) mass is 557 g/mol. The molecule has 10 heteroatoms. The molecule has 0 fully saturated rings. The predicted molar refractivity (Wildman–Crippen MR) is 151 cm³/mol. The Balaban J connectivity index is 2.07. The minimum absolute atomic E-state index is 0.244. The molecule has 1 atom stereocenters. The van der Waals surface area contributed by atoms with Crippen molar-refractivity contribution in [1.82, 2.24) is 14.9 Å². The van der Waals surface area contributed by atoms with Crippen molar-refractivity contribution >= 4 is 34.7 Å². The number of carboxylic acid groups (broad SMARTS) is 1. The molecule has 4 rings (SSSR count). The van der Waals surface area contributed by atoms with Gasteiger partial charge in [0, 0.05) is 47.1 Å². The third-order valence-corrected chi connectivity index (χ3v) is 7.50. The van der Waals surface area contributed by atoms with Crippen molar-refractivity contribution in [2.24, 2.45) is 7.05 Å². The first kappa shape index (κ1) is 28.9. The molecule has 0 saturated heterocycles. The number of hydrogen-bond acceptors (Lipinski definition) is 6. The van der Waals surface area contributed by atoms with Gasteiger partial charge in [-0.15, -0.1) is 0 Å². The van der Waals surface area contributed by atoms with Crippen molar-refractivity contribution in [3.63, 3.8) is 0 Å². The minimum atomic E-state index is -1.37. The molecule has 0 aliphatic carbocycles. The second-order valence-corrected chi connectivity index (χ2v) is 11.8. The zero-order valence-corrected chi connectivity index (χ0v) is 24.3. The van der Waals surface area contributed by atoms with Crippen LogP contribution in [-0.2, 0) is 23.0 Å². The zero-order valence-electron chi connectivity index (χ0n) is 23.5. The Morgan fingerprint density at radius 3 is 2.67 bits per heavy atom. The number of thioether (sulfide) groups is 1. The molecule has 1 aliphatic rings. The molecule has 1 amide bonds. The number of aryl methyl sites for hydroxylation is 2. The molecule has 210 valence electrons. The maximum absolute atomic E-state index is 15.5. The molecule has 8 nitrogen and oxygen atoms in total. The van der Waals surface area contributed by atoms with E-state index in [0.717, 1.165) is 23.3 Å². The number of benzene rings is 1. The number of carbonyl (C=O) groups excluding carboxylic acids is 1. The van der Waals surface area contributed by atoms with Crippen LogP contribution >= 0.6 is 11.8 Å². The molecule has 3 aromatic rings. The van der Waals surface area contributed by atoms with E-state index in [1.807, 2.05) is 13.2 Å². The van der Waals surface area contributed by atoms with Gasteiger partial charge in [-0.1, -0.05) is 0 Å². The Morgan fingerprint density at radius 1 is 1.31 bits per heavy atom. The lowest BCUT2D eigenvalue weighted by Gasteiger charge is -2.29. The molecule has 1 aromatic carbocycles. The lowest BCUT2D eigenvalue weighted by molar-refractivity contribution is -0.160. The Morgan fingerprint density at radius 2 is 2.03 bits per heavy atom. The van der Waals surface area contributed by atoms with E-state index in [4.69, 9.17) is 14.5 Å². The summed E-state index contributed by atoms with van der Waals surface area (Å²) >= 11 is 1.63. The second-order valence-electron chi connectivity index (χ2n) is 10.8. The lowest BCUT2D eigenvalue weighted by atomic mass is 9.86. The average Bonchev–Trinajstić information content (AvgIpc) is 3.19. The van der Waals surface area contributed by atoms with Crippen LogP contribution < -0.4 is 10.1 Å². The summed E-state index contributed by atoms with van der Waals surface area (Å²) in [6, 6.07) is 3.11. The van der Waals surface area contributed by atoms with Crippen molar-refractivity contribution in [2.45, 2.75) is 59.2 Å². The molecule has 0 bridgehead atoms. The van der Waals surface area contributed by atoms with Gasteiger partial charge in [-0.25, -0.2) is 14.2 Å². The summed E-state index contributed by atoms with van der Waals surface area (Å²) in [5, 5.41) is 13.8. The molecule has 3 heterocycles. The Bertz CT molecular complexity index is 1440. The number of nitrogens with one attached hydrogen (secondary N) is 1. The molecule has 0 unspecified atom stereocenters. The SMILES string of the molecule is CSCCNC(=O)c1cc2c(-c3cc(F)c4c(c3C)CCCO4)c([C@H](OC(C)(C)C)C(=O)O)c(C)nc2n1C. The minimum Gasteiger partial charge on any atom is -0.490 e. The number of pyridine rings is 1. The van der Waals surface area contributed by atoms with E-state index < -0.39 is 23.5 Å². The molecular weight excluding hydrogens is 521 g/mol. The van der Waals surface area contributed by atoms with Crippen molar-refractivity contribution in [3.05, 3.63) is 46.0 Å². The van der Waals surface area contributed by atoms with E-state index in [1.54, 1.807) is 57.1 Å². The molecule has 1 aliphatic heterocycles. The number of halogens is 1. The van der Waals surface area contributed by atoms with Crippen molar-refractivity contribution in [3.8, 4) is 16.9 Å². The molecule has 0 radical (unpaired) electrons. The number of nitrogens with zero attached hydrogens (tertiary/aromatic N) is 2. The second kappa shape index (κ2) is 11.2. The van der Waals surface area contributed by atoms with Gasteiger partial charge in [0.1, 0.15) is 11.3 Å². The highest BCUT2D eigenvalue weighted by Gasteiger charge is 2.34. The third-order valence-electron chi connectivity index (χ3n) is 6.89. The Hall–Kier alpha value is -3.11. The lowest BCUT2D eigenvalue weighted by Crippen LogP contribution is -2.28. The predicted octanol–water partition coefficient (Wildman–Crippen LogP) is 5.35. The largest absolute Gasteiger partial charge is 0.490 e. The summed E-state index contributed by atoms with van der Waals surface area (Å²) in [6.07, 6.45) is 2.00. The van der Waals surface area contributed by atoms with Crippen molar-refractivity contribution in [1.29, 1.82) is 0 Å². The Labute approximate surface area is 232 Å². The normalized spacial score (nSPS) is 14.2. The third kappa shape index (κ3) is 5.63. The number of carbonyl (C=O) groups is 2. The van der Waals surface area contributed by atoms with Crippen LogP contribution in [0.15, 0.2) is 12.1 Å². The molecule has 0 spiro atoms. The molecule has 0 saturated carbocycles. The van der Waals surface area contributed by atoms with E-state index in [0.29, 0.717) is 58.7 Å². The maximum Gasteiger partial charge on any atom is 0.337 e. The van der Waals surface area contributed by atoms with Gasteiger partial charge in [0.2, 0.25) is 0 Å². The number of fused-ring (bicyclic) bond motifs is 2. The van der Waals surface area contributed by atoms with Crippen LogP contribution in [0, 0.1) is 19.7 Å². The molecule has 2 aromatic heterocycles. The summed E-state index contributed by atoms with van der Waals surface area (Å²) < 4.78 is 28.9. The molecule has 2 N–H and O–H groups in total. The fraction of sp³-hybridized carbons (Fsp3) is 0.483. The first-order chi connectivity index (χ1) is 18.4. The summed E-state index contributed by atoms with van der Waals surface area (Å²) in [4.78, 5) is 30.5. The summed E-state index contributed by atoms with van der Waals surface area (Å²) in [6.45, 7) is 9.91. The number of hydrogen-bond donors (Lipinski definition) is 2. The zero-order chi connectivity index (χ0) is 28.6. The van der Waals surface area contributed by atoms with Crippen LogP contribution in [0.4, 0.5) is 4.39 Å². The van der Waals surface area contributed by atoms with Gasteiger partial charge in [-0.05, 0) is 77.0 Å². The van der Waals surface area contributed by atoms with Gasteiger partial charge in [-0.3, -0.25) is 4.79 Å². The fourth-order valence-corrected chi connectivity index (χ4v) is 5.45. The highest BCUT2D eigenvalue weighted by atomic mass is 32.2. The van der Waals surface area contributed by atoms with Crippen LogP contribution in [0.1, 0.15) is 66.2 Å². The van der Waals surface area contributed by atoms with E-state index in [1.165, 1.54) is 6.07 Å². The number of aliphatic carboxylic acids is 1. The highest BCUT2D eigenvalue weighted by Crippen LogP contribution is 2.44. The van der Waals surface area contributed by atoms with Gasteiger partial charge < -0.3 is 24.5 Å². The van der Waals surface area contributed by atoms with Crippen molar-refractivity contribution < 1.29 is 28.6 Å². The van der Waals surface area contributed by atoms with Gasteiger partial charge in [-0.2, -0.15) is 11.8 Å². The topological polar surface area (TPSA) is 103 Å². The molecule has 39 heavy (non-hydrogen) atoms. The number of rotatable bonds is 8. The summed E-state index contributed by atoms with van der Waals surface area (Å²) in [7, 11) is 1.75. The number of carboxylic acids is 1. The van der Waals surface area contributed by atoms with Crippen LogP contribution in [0.3, 0.4) is 0 Å². The van der Waals surface area contributed by atoms with Crippen LogP contribution in [0.2, 0.25) is 0 Å². The van der Waals surface area contributed by atoms with Gasteiger partial charge in [0.05, 0.1) is 12.2 Å². The standard InChI is InChI=1S/C29H36FN3O5S/c1-15-17-9-8-11-37-24(17)20(30)13-18(15)23-19-14-21(27(34)31-10-12-39-7)33(6)26(19)32-16(2)22(23)25(28(35)36)38-29(3,4)5/h13-14,25H,8-12H2,1-7H3,(H,31,34)(H,35,36)/t25-/m0/s1. The first-order valence-corrected chi connectivity index (χ1v) is 14.4. The van der Waals surface area contributed by atoms with E-state index in [2.05, 4.69) is 5.32 Å². The van der Waals surface area contributed by atoms with Gasteiger partial charge >= 0.3 is 5.97 Å². The van der Waals surface area contributed by atoms with E-state index in [-0.39, 0.29) is 11.7 Å². The number of ether oxygens (including phenoxy) is 2. The number of amides is 1. The van der Waals surface area contributed by atoms with Gasteiger partial charge in [0.25, 0.3) is 5.91 Å². The van der Waals surface area contributed by atoms with Crippen LogP contribution in [0.25, 0.3) is 22.2 Å². The van der Waals surface area contributed by atoms with Crippen molar-refractivity contribution in [2.75, 3.05) is 25.2 Å². The van der Waals surface area contributed by atoms with E-state index >= 15 is 4.39 Å². The quantitative estimate of drug-likeness (QED) is 0.360.